The Balaban J connectivity index is 2.00. The van der Waals surface area contributed by atoms with Crippen LogP contribution in [0.15, 0.2) is 18.2 Å². The van der Waals surface area contributed by atoms with E-state index in [2.05, 4.69) is 25.7 Å². The molecule has 1 saturated heterocycles. The van der Waals surface area contributed by atoms with E-state index >= 15 is 0 Å². The molecule has 1 aliphatic rings. The lowest BCUT2D eigenvalue weighted by Gasteiger charge is -2.22. The summed E-state index contributed by atoms with van der Waals surface area (Å²) < 4.78 is 11.4. The molecule has 0 radical (unpaired) electrons. The highest BCUT2D eigenvalue weighted by Crippen LogP contribution is 2.31. The van der Waals surface area contributed by atoms with Crippen molar-refractivity contribution in [3.05, 3.63) is 23.8 Å². The van der Waals surface area contributed by atoms with Crippen LogP contribution in [-0.4, -0.2) is 56.2 Å². The highest BCUT2D eigenvalue weighted by Gasteiger charge is 2.18. The van der Waals surface area contributed by atoms with Crippen LogP contribution < -0.4 is 9.47 Å². The molecule has 1 fully saturated rings. The minimum absolute atomic E-state index is 0.0474. The van der Waals surface area contributed by atoms with Crippen molar-refractivity contribution in [3.8, 4) is 11.5 Å². The van der Waals surface area contributed by atoms with Gasteiger partial charge in [0.2, 0.25) is 0 Å². The maximum absolute atomic E-state index is 11.8. The summed E-state index contributed by atoms with van der Waals surface area (Å²) in [5.74, 6) is 1.29. The molecule has 5 heteroatoms. The number of nitrogens with zero attached hydrogens (tertiary/aromatic N) is 2. The first-order valence-electron chi connectivity index (χ1n) is 9.15. The minimum Gasteiger partial charge on any atom is -0.493 e. The second-order valence-corrected chi connectivity index (χ2v) is 7.96. The molecule has 1 heterocycles. The average Bonchev–Trinajstić information content (AvgIpc) is 3.03. The summed E-state index contributed by atoms with van der Waals surface area (Å²) in [7, 11) is 3.34. The summed E-state index contributed by atoms with van der Waals surface area (Å²) in [6.45, 7) is 10.6. The van der Waals surface area contributed by atoms with E-state index in [1.54, 1.807) is 20.2 Å². The molecule has 0 aromatic heterocycles. The Morgan fingerprint density at radius 3 is 2.36 bits per heavy atom. The second kappa shape index (κ2) is 8.56. The van der Waals surface area contributed by atoms with Crippen molar-refractivity contribution in [2.24, 2.45) is 0 Å². The van der Waals surface area contributed by atoms with E-state index in [0.29, 0.717) is 12.4 Å². The van der Waals surface area contributed by atoms with Gasteiger partial charge in [0.05, 0.1) is 6.61 Å². The Kier molecular flexibility index (Phi) is 6.71. The number of amides is 1. The molecule has 1 aliphatic heterocycles. The van der Waals surface area contributed by atoms with E-state index in [9.17, 15) is 4.79 Å². The Morgan fingerprint density at radius 1 is 1.12 bits per heavy atom. The summed E-state index contributed by atoms with van der Waals surface area (Å²) in [5.41, 5.74) is 1.04. The standard InChI is InChI=1S/C20H32N2O3/c1-20(2,3)16-13-17(15-18(14-16)25-19(23)21(4)5)24-12-8-11-22-9-6-7-10-22/h13-15H,6-12H2,1-5H3. The fourth-order valence-corrected chi connectivity index (χ4v) is 2.82. The van der Waals surface area contributed by atoms with Crippen molar-refractivity contribution in [2.75, 3.05) is 40.3 Å². The van der Waals surface area contributed by atoms with Gasteiger partial charge in [0.25, 0.3) is 0 Å². The van der Waals surface area contributed by atoms with Crippen LogP contribution in [0, 0.1) is 0 Å². The van der Waals surface area contributed by atoms with Gasteiger partial charge in [-0.1, -0.05) is 20.8 Å². The van der Waals surface area contributed by atoms with Crippen molar-refractivity contribution in [1.29, 1.82) is 0 Å². The largest absolute Gasteiger partial charge is 0.493 e. The Labute approximate surface area is 151 Å². The van der Waals surface area contributed by atoms with Crippen molar-refractivity contribution in [1.82, 2.24) is 9.80 Å². The van der Waals surface area contributed by atoms with Crippen LogP contribution in [0.2, 0.25) is 0 Å². The van der Waals surface area contributed by atoms with E-state index in [4.69, 9.17) is 9.47 Å². The normalized spacial score (nSPS) is 15.2. The van der Waals surface area contributed by atoms with Crippen LogP contribution in [0.25, 0.3) is 0 Å². The number of likely N-dealkylation sites (tertiary alicyclic amines) is 1. The topological polar surface area (TPSA) is 42.0 Å². The molecule has 1 aromatic rings. The first-order chi connectivity index (χ1) is 11.8. The third kappa shape index (κ3) is 6.24. The van der Waals surface area contributed by atoms with Crippen LogP contribution >= 0.6 is 0 Å². The maximum atomic E-state index is 11.8. The first kappa shape index (κ1) is 19.6. The Bertz CT molecular complexity index is 573. The van der Waals surface area contributed by atoms with E-state index in [-0.39, 0.29) is 11.5 Å². The van der Waals surface area contributed by atoms with Gasteiger partial charge < -0.3 is 19.3 Å². The quantitative estimate of drug-likeness (QED) is 0.731. The van der Waals surface area contributed by atoms with Gasteiger partial charge in [-0.05, 0) is 55.5 Å². The lowest BCUT2D eigenvalue weighted by molar-refractivity contribution is 0.171. The van der Waals surface area contributed by atoms with Crippen LogP contribution in [0.3, 0.4) is 0 Å². The SMILES string of the molecule is CN(C)C(=O)Oc1cc(OCCCN2CCCC2)cc(C(C)(C)C)c1. The zero-order valence-electron chi connectivity index (χ0n) is 16.3. The summed E-state index contributed by atoms with van der Waals surface area (Å²) in [4.78, 5) is 15.8. The number of carbonyl (C=O) groups is 1. The molecule has 1 aromatic carbocycles. The summed E-state index contributed by atoms with van der Waals surface area (Å²) in [5, 5.41) is 0. The van der Waals surface area contributed by atoms with Crippen LogP contribution in [0.1, 0.15) is 45.6 Å². The van der Waals surface area contributed by atoms with Gasteiger partial charge in [-0.15, -0.1) is 0 Å². The monoisotopic (exact) mass is 348 g/mol. The Hall–Kier alpha value is -1.75. The molecule has 0 spiro atoms. The van der Waals surface area contributed by atoms with Gasteiger partial charge in [-0.2, -0.15) is 0 Å². The molecule has 0 saturated carbocycles. The molecule has 0 N–H and O–H groups in total. The number of hydrogen-bond acceptors (Lipinski definition) is 4. The van der Waals surface area contributed by atoms with Gasteiger partial charge >= 0.3 is 6.09 Å². The number of carbonyl (C=O) groups excluding carboxylic acids is 1. The highest BCUT2D eigenvalue weighted by molar-refractivity contribution is 5.70. The van der Waals surface area contributed by atoms with E-state index in [0.717, 1.165) is 24.3 Å². The third-order valence-electron chi connectivity index (χ3n) is 4.40. The molecule has 0 unspecified atom stereocenters. The molecule has 2 rings (SSSR count). The van der Waals surface area contributed by atoms with Crippen molar-refractivity contribution in [2.45, 2.75) is 45.4 Å². The minimum atomic E-state index is -0.383. The molecule has 0 bridgehead atoms. The zero-order valence-corrected chi connectivity index (χ0v) is 16.3. The van der Waals surface area contributed by atoms with Crippen molar-refractivity contribution >= 4 is 6.09 Å². The molecule has 140 valence electrons. The van der Waals surface area contributed by atoms with E-state index < -0.39 is 0 Å². The van der Waals surface area contributed by atoms with Crippen LogP contribution in [0.5, 0.6) is 11.5 Å². The number of rotatable bonds is 6. The zero-order chi connectivity index (χ0) is 18.4. The van der Waals surface area contributed by atoms with Crippen LogP contribution in [0.4, 0.5) is 4.79 Å². The second-order valence-electron chi connectivity index (χ2n) is 7.96. The molecular formula is C20H32N2O3. The number of ether oxygens (including phenoxy) is 2. The smallest absolute Gasteiger partial charge is 0.414 e. The molecule has 0 atom stereocenters. The predicted octanol–water partition coefficient (Wildman–Crippen LogP) is 3.91. The van der Waals surface area contributed by atoms with E-state index in [1.165, 1.54) is 30.8 Å². The number of benzene rings is 1. The van der Waals surface area contributed by atoms with Crippen molar-refractivity contribution in [3.63, 3.8) is 0 Å². The van der Waals surface area contributed by atoms with Gasteiger partial charge in [-0.3, -0.25) is 0 Å². The molecule has 1 amide bonds. The van der Waals surface area contributed by atoms with Gasteiger partial charge in [0.15, 0.2) is 0 Å². The predicted molar refractivity (Wildman–Crippen MR) is 101 cm³/mol. The molecule has 0 aliphatic carbocycles. The lowest BCUT2D eigenvalue weighted by Crippen LogP contribution is -2.25. The summed E-state index contributed by atoms with van der Waals surface area (Å²) in [6, 6.07) is 5.76. The molecule has 25 heavy (non-hydrogen) atoms. The van der Waals surface area contributed by atoms with Crippen LogP contribution in [-0.2, 0) is 5.41 Å². The average molecular weight is 348 g/mol. The van der Waals surface area contributed by atoms with Gasteiger partial charge in [-0.25, -0.2) is 4.79 Å². The molecular weight excluding hydrogens is 316 g/mol. The highest BCUT2D eigenvalue weighted by atomic mass is 16.6. The Morgan fingerprint density at radius 2 is 1.76 bits per heavy atom. The fraction of sp³-hybridized carbons (Fsp3) is 0.650. The van der Waals surface area contributed by atoms with E-state index in [1.807, 2.05) is 12.1 Å². The van der Waals surface area contributed by atoms with Gasteiger partial charge in [0, 0.05) is 26.7 Å². The summed E-state index contributed by atoms with van der Waals surface area (Å²) >= 11 is 0. The third-order valence-corrected chi connectivity index (χ3v) is 4.40. The maximum Gasteiger partial charge on any atom is 0.414 e. The van der Waals surface area contributed by atoms with Gasteiger partial charge in [0.1, 0.15) is 11.5 Å². The molecule has 5 nitrogen and oxygen atoms in total. The van der Waals surface area contributed by atoms with Crippen molar-refractivity contribution < 1.29 is 14.3 Å². The first-order valence-corrected chi connectivity index (χ1v) is 9.15. The fourth-order valence-electron chi connectivity index (χ4n) is 2.82. The number of hydrogen-bond donors (Lipinski definition) is 0. The summed E-state index contributed by atoms with van der Waals surface area (Å²) in [6.07, 6.45) is 3.25. The lowest BCUT2D eigenvalue weighted by atomic mass is 9.87.